The lowest BCUT2D eigenvalue weighted by Crippen LogP contribution is -2.42. The lowest BCUT2D eigenvalue weighted by atomic mass is 9.92. The number of rotatable bonds is 11. The first-order valence-corrected chi connectivity index (χ1v) is 12.9. The Kier molecular flexibility index (Phi) is 7.49. The number of nitrogens with zero attached hydrogens (tertiary/aromatic N) is 2. The predicted octanol–water partition coefficient (Wildman–Crippen LogP) is 7.03. The Balaban J connectivity index is 1.42. The van der Waals surface area contributed by atoms with Gasteiger partial charge in [-0.05, 0) is 85.9 Å². The minimum atomic E-state index is -2.88. The fourth-order valence-electron chi connectivity index (χ4n) is 5.12. The topological polar surface area (TPSA) is 41.9 Å². The predicted molar refractivity (Wildman–Crippen MR) is 137 cm³/mol. The molecular formula is C30H31F3N2O2. The number of hydrogen-bond donors (Lipinski definition) is 0. The number of amides is 1. The summed E-state index contributed by atoms with van der Waals surface area (Å²) in [5, 5.41) is 0. The van der Waals surface area contributed by atoms with E-state index in [4.69, 9.17) is 0 Å². The van der Waals surface area contributed by atoms with Gasteiger partial charge >= 0.3 is 6.61 Å². The second-order valence-electron chi connectivity index (χ2n) is 10.2. The summed E-state index contributed by atoms with van der Waals surface area (Å²) in [6, 6.07) is 13.0. The Morgan fingerprint density at radius 2 is 1.81 bits per heavy atom. The van der Waals surface area contributed by atoms with E-state index in [1.165, 1.54) is 12.1 Å². The average molecular weight is 509 g/mol. The third-order valence-corrected chi connectivity index (χ3v) is 7.48. The molecule has 0 bridgehead atoms. The molecule has 0 aromatic heterocycles. The number of aryl methyl sites for hydroxylation is 1. The molecule has 37 heavy (non-hydrogen) atoms. The number of halogens is 3. The molecule has 1 atom stereocenters. The van der Waals surface area contributed by atoms with E-state index in [-0.39, 0.29) is 23.5 Å². The van der Waals surface area contributed by atoms with Crippen LogP contribution in [0.25, 0.3) is 0 Å². The lowest BCUT2D eigenvalue weighted by molar-refractivity contribution is -0.140. The van der Waals surface area contributed by atoms with Gasteiger partial charge in [0.1, 0.15) is 11.6 Å². The van der Waals surface area contributed by atoms with E-state index >= 15 is 0 Å². The monoisotopic (exact) mass is 508 g/mol. The molecule has 1 heterocycles. The van der Waals surface area contributed by atoms with Gasteiger partial charge in [-0.1, -0.05) is 36.4 Å². The van der Waals surface area contributed by atoms with Crippen molar-refractivity contribution in [2.24, 2.45) is 16.3 Å². The first-order chi connectivity index (χ1) is 17.9. The van der Waals surface area contributed by atoms with Gasteiger partial charge in [-0.25, -0.2) is 4.39 Å². The Morgan fingerprint density at radius 3 is 2.46 bits per heavy atom. The molecule has 194 valence electrons. The van der Waals surface area contributed by atoms with Crippen molar-refractivity contribution in [3.63, 3.8) is 0 Å². The van der Waals surface area contributed by atoms with Gasteiger partial charge in [0, 0.05) is 18.1 Å². The summed E-state index contributed by atoms with van der Waals surface area (Å²) in [6.07, 6.45) is 13.6. The molecule has 2 aliphatic carbocycles. The van der Waals surface area contributed by atoms with Gasteiger partial charge in [0.15, 0.2) is 0 Å². The van der Waals surface area contributed by atoms with Crippen LogP contribution in [0, 0.1) is 17.2 Å². The highest BCUT2D eigenvalue weighted by molar-refractivity contribution is 5.86. The Labute approximate surface area is 215 Å². The van der Waals surface area contributed by atoms with Gasteiger partial charge in [-0.2, -0.15) is 8.78 Å². The van der Waals surface area contributed by atoms with Gasteiger partial charge in [0.25, 0.3) is 0 Å². The zero-order chi connectivity index (χ0) is 25.8. The van der Waals surface area contributed by atoms with Crippen LogP contribution in [0.3, 0.4) is 0 Å². The Morgan fingerprint density at radius 1 is 1.08 bits per heavy atom. The SMILES string of the molecule is O=C(N(CC1=CC=CCC=N1)[C@H](c1ccc(OC(F)F)cc1)C1CC1)C1(CCc2ccc(F)cc2)CC1. The second kappa shape index (κ2) is 11.0. The summed E-state index contributed by atoms with van der Waals surface area (Å²) in [7, 11) is 0. The third-order valence-electron chi connectivity index (χ3n) is 7.48. The summed E-state index contributed by atoms with van der Waals surface area (Å²) >= 11 is 0. The average Bonchev–Trinajstić information content (AvgIpc) is 3.79. The van der Waals surface area contributed by atoms with Crippen LogP contribution in [0.4, 0.5) is 13.2 Å². The number of ether oxygens (including phenoxy) is 1. The van der Waals surface area contributed by atoms with E-state index in [0.717, 1.165) is 48.9 Å². The number of alkyl halides is 2. The fraction of sp³-hybridized carbons (Fsp3) is 0.400. The molecule has 5 rings (SSSR count). The molecule has 0 N–H and O–H groups in total. The molecule has 0 spiro atoms. The Hall–Kier alpha value is -3.35. The Bertz CT molecular complexity index is 1180. The lowest BCUT2D eigenvalue weighted by Gasteiger charge is -2.35. The van der Waals surface area contributed by atoms with Crippen LogP contribution in [0.5, 0.6) is 5.75 Å². The van der Waals surface area contributed by atoms with E-state index in [0.29, 0.717) is 25.3 Å². The van der Waals surface area contributed by atoms with E-state index in [9.17, 15) is 18.0 Å². The van der Waals surface area contributed by atoms with Crippen LogP contribution in [0.15, 0.2) is 77.4 Å². The molecule has 3 aliphatic rings. The van der Waals surface area contributed by atoms with Gasteiger partial charge < -0.3 is 9.64 Å². The maximum atomic E-state index is 14.3. The third kappa shape index (κ3) is 6.32. The fourth-order valence-corrected chi connectivity index (χ4v) is 5.12. The molecule has 0 saturated heterocycles. The van der Waals surface area contributed by atoms with Crippen LogP contribution < -0.4 is 4.74 Å². The zero-order valence-corrected chi connectivity index (χ0v) is 20.7. The van der Waals surface area contributed by atoms with Crippen molar-refractivity contribution in [1.29, 1.82) is 0 Å². The summed E-state index contributed by atoms with van der Waals surface area (Å²) in [5.41, 5.74) is 2.31. The van der Waals surface area contributed by atoms with E-state index in [1.54, 1.807) is 36.4 Å². The van der Waals surface area contributed by atoms with Gasteiger partial charge in [-0.15, -0.1) is 0 Å². The molecule has 1 aliphatic heterocycles. The van der Waals surface area contributed by atoms with Gasteiger partial charge in [0.05, 0.1) is 18.3 Å². The number of benzene rings is 2. The molecule has 2 saturated carbocycles. The number of carbonyl (C=O) groups is 1. The maximum absolute atomic E-state index is 14.3. The standard InChI is InChI=1S/C30H31F3N2O2/c31-24-11-5-21(6-12-24)15-16-30(17-18-30)28(36)35(20-25-4-2-1-3-19-34-25)27(22-7-8-22)23-9-13-26(14-10-23)37-29(32)33/h1-2,4-6,9-14,19,22,27,29H,3,7-8,15-18,20H2/t27-/m0/s1. The maximum Gasteiger partial charge on any atom is 0.387 e. The second-order valence-corrected chi connectivity index (χ2v) is 10.2. The molecular weight excluding hydrogens is 477 g/mol. The van der Waals surface area contributed by atoms with Crippen LogP contribution in [0.1, 0.15) is 55.7 Å². The van der Waals surface area contributed by atoms with Crippen LogP contribution in [-0.4, -0.2) is 30.2 Å². The highest BCUT2D eigenvalue weighted by Crippen LogP contribution is 2.54. The molecule has 1 amide bonds. The first-order valence-electron chi connectivity index (χ1n) is 12.9. The molecule has 2 aromatic carbocycles. The highest BCUT2D eigenvalue weighted by atomic mass is 19.3. The largest absolute Gasteiger partial charge is 0.435 e. The molecule has 0 unspecified atom stereocenters. The smallest absolute Gasteiger partial charge is 0.387 e. The van der Waals surface area contributed by atoms with Gasteiger partial charge in [0.2, 0.25) is 5.91 Å². The minimum Gasteiger partial charge on any atom is -0.435 e. The van der Waals surface area contributed by atoms with Crippen molar-refractivity contribution < 1.29 is 22.7 Å². The molecule has 2 aromatic rings. The number of hydrogen-bond acceptors (Lipinski definition) is 3. The van der Waals surface area contributed by atoms with Crippen LogP contribution in [0.2, 0.25) is 0 Å². The molecule has 7 heteroatoms. The van der Waals surface area contributed by atoms with Crippen molar-refractivity contribution >= 4 is 12.1 Å². The summed E-state index contributed by atoms with van der Waals surface area (Å²) < 4.78 is 43.3. The van der Waals surface area contributed by atoms with Crippen molar-refractivity contribution in [3.05, 3.63) is 89.4 Å². The normalized spacial score (nSPS) is 18.8. The van der Waals surface area contributed by atoms with Crippen LogP contribution in [-0.2, 0) is 11.2 Å². The summed E-state index contributed by atoms with van der Waals surface area (Å²) in [4.78, 5) is 20.8. The van der Waals surface area contributed by atoms with E-state index < -0.39 is 12.0 Å². The highest BCUT2D eigenvalue weighted by Gasteiger charge is 2.53. The molecule has 2 fully saturated rings. The first kappa shape index (κ1) is 25.3. The number of aliphatic imine (C=N–C) groups is 1. The minimum absolute atomic E-state index is 0.102. The van der Waals surface area contributed by atoms with Crippen molar-refractivity contribution in [3.8, 4) is 5.75 Å². The number of carbonyl (C=O) groups excluding carboxylic acids is 1. The molecule has 4 nitrogen and oxygen atoms in total. The van der Waals surface area contributed by atoms with Crippen molar-refractivity contribution in [2.75, 3.05) is 6.54 Å². The van der Waals surface area contributed by atoms with E-state index in [2.05, 4.69) is 9.73 Å². The quantitative estimate of drug-likeness (QED) is 0.327. The molecule has 0 radical (unpaired) electrons. The summed E-state index contributed by atoms with van der Waals surface area (Å²) in [5.74, 6) is 0.259. The van der Waals surface area contributed by atoms with Crippen molar-refractivity contribution in [2.45, 2.75) is 57.6 Å². The van der Waals surface area contributed by atoms with Crippen molar-refractivity contribution in [1.82, 2.24) is 4.90 Å². The number of allylic oxidation sites excluding steroid dienone is 3. The zero-order valence-electron chi connectivity index (χ0n) is 20.7. The van der Waals surface area contributed by atoms with Crippen LogP contribution >= 0.6 is 0 Å². The summed E-state index contributed by atoms with van der Waals surface area (Å²) in [6.45, 7) is -2.50. The van der Waals surface area contributed by atoms with Gasteiger partial charge in [-0.3, -0.25) is 9.79 Å². The van der Waals surface area contributed by atoms with E-state index in [1.807, 2.05) is 29.3 Å².